The fourth-order valence-electron chi connectivity index (χ4n) is 1.22. The summed E-state index contributed by atoms with van der Waals surface area (Å²) in [6.45, 7) is 0.268. The van der Waals surface area contributed by atoms with Gasteiger partial charge in [0, 0.05) is 0 Å². The van der Waals surface area contributed by atoms with Gasteiger partial charge in [0.1, 0.15) is 5.75 Å². The van der Waals surface area contributed by atoms with E-state index in [2.05, 4.69) is 9.46 Å². The molecule has 0 saturated heterocycles. The van der Waals surface area contributed by atoms with Gasteiger partial charge in [0.05, 0.1) is 10.9 Å². The third kappa shape index (κ3) is 3.83. The topological polar surface area (TPSA) is 55.4 Å². The Kier molecular flexibility index (Phi) is 4.89. The number of rotatable bonds is 6. The first-order valence-corrected chi connectivity index (χ1v) is 6.97. The highest BCUT2D eigenvalue weighted by Gasteiger charge is 2.20. The van der Waals surface area contributed by atoms with E-state index in [1.807, 2.05) is 0 Å². The van der Waals surface area contributed by atoms with Crippen LogP contribution in [-0.2, 0) is 10.0 Å². The molecule has 102 valence electrons. The molecule has 0 aromatic heterocycles. The van der Waals surface area contributed by atoms with E-state index in [9.17, 15) is 17.2 Å². The smallest absolute Gasteiger partial charge is 0.387 e. The van der Waals surface area contributed by atoms with Gasteiger partial charge in [-0.2, -0.15) is 8.78 Å². The van der Waals surface area contributed by atoms with Gasteiger partial charge in [0.2, 0.25) is 10.0 Å². The summed E-state index contributed by atoms with van der Waals surface area (Å²) < 4.78 is 54.4. The number of para-hydroxylation sites is 2. The molecule has 0 aliphatic rings. The van der Waals surface area contributed by atoms with Gasteiger partial charge in [-0.3, -0.25) is 4.72 Å². The number of hydrogen-bond acceptors (Lipinski definition) is 3. The highest BCUT2D eigenvalue weighted by Crippen LogP contribution is 2.27. The van der Waals surface area contributed by atoms with E-state index in [1.165, 1.54) is 24.3 Å². The number of nitrogens with one attached hydrogen (secondary N) is 1. The van der Waals surface area contributed by atoms with Gasteiger partial charge in [-0.05, 0) is 25.5 Å². The quantitative estimate of drug-likeness (QED) is 0.871. The van der Waals surface area contributed by atoms with Gasteiger partial charge < -0.3 is 4.74 Å². The van der Waals surface area contributed by atoms with Crippen LogP contribution in [0, 0.1) is 0 Å². The minimum absolute atomic E-state index is 0.0121. The van der Waals surface area contributed by atoms with Crippen molar-refractivity contribution in [2.24, 2.45) is 0 Å². The van der Waals surface area contributed by atoms with Crippen molar-refractivity contribution in [2.45, 2.75) is 32.1 Å². The Hall–Kier alpha value is -1.37. The summed E-state index contributed by atoms with van der Waals surface area (Å²) in [5, 5.41) is -0.614. The molecule has 0 aliphatic heterocycles. The molecule has 7 heteroatoms. The van der Waals surface area contributed by atoms with E-state index >= 15 is 0 Å². The van der Waals surface area contributed by atoms with Crippen LogP contribution in [0.15, 0.2) is 24.3 Å². The van der Waals surface area contributed by atoms with Crippen molar-refractivity contribution in [1.82, 2.24) is 0 Å². The van der Waals surface area contributed by atoms with Crippen LogP contribution in [-0.4, -0.2) is 20.3 Å². The molecule has 0 saturated carbocycles. The zero-order valence-corrected chi connectivity index (χ0v) is 10.9. The van der Waals surface area contributed by atoms with Crippen molar-refractivity contribution in [3.8, 4) is 5.75 Å². The Morgan fingerprint density at radius 2 is 1.94 bits per heavy atom. The number of benzene rings is 1. The number of alkyl halides is 2. The lowest BCUT2D eigenvalue weighted by Gasteiger charge is -2.15. The largest absolute Gasteiger partial charge is 0.433 e. The maximum atomic E-state index is 12.2. The molecule has 1 aromatic rings. The average molecular weight is 279 g/mol. The lowest BCUT2D eigenvalue weighted by atomic mass is 10.3. The van der Waals surface area contributed by atoms with Crippen molar-refractivity contribution >= 4 is 15.7 Å². The maximum absolute atomic E-state index is 12.2. The minimum Gasteiger partial charge on any atom is -0.433 e. The summed E-state index contributed by atoms with van der Waals surface area (Å²) in [6, 6.07) is 5.67. The van der Waals surface area contributed by atoms with Crippen LogP contribution in [0.4, 0.5) is 14.5 Å². The molecule has 0 unspecified atom stereocenters. The molecule has 0 fully saturated rings. The molecule has 1 N–H and O–H groups in total. The predicted molar refractivity (Wildman–Crippen MR) is 65.4 cm³/mol. The Bertz CT molecular complexity index is 491. The van der Waals surface area contributed by atoms with Gasteiger partial charge in [-0.15, -0.1) is 0 Å². The van der Waals surface area contributed by atoms with E-state index in [0.29, 0.717) is 6.42 Å². The van der Waals surface area contributed by atoms with E-state index in [4.69, 9.17) is 0 Å². The first-order valence-electron chi connectivity index (χ1n) is 5.42. The van der Waals surface area contributed by atoms with Crippen molar-refractivity contribution in [2.75, 3.05) is 4.72 Å². The van der Waals surface area contributed by atoms with Gasteiger partial charge >= 0.3 is 6.61 Å². The lowest BCUT2D eigenvalue weighted by molar-refractivity contribution is -0.0493. The summed E-state index contributed by atoms with van der Waals surface area (Å²) >= 11 is 0. The second-order valence-electron chi connectivity index (χ2n) is 3.74. The molecule has 0 bridgehead atoms. The molecule has 0 heterocycles. The SMILES string of the molecule is CC[C@H](C)S(=O)(=O)Nc1ccccc1OC(F)F. The molecule has 1 aromatic carbocycles. The maximum Gasteiger partial charge on any atom is 0.387 e. The van der Waals surface area contributed by atoms with E-state index in [1.54, 1.807) is 13.8 Å². The van der Waals surface area contributed by atoms with Crippen LogP contribution in [0.25, 0.3) is 0 Å². The molecular formula is C11H15F2NO3S. The molecule has 0 amide bonds. The molecule has 0 aliphatic carbocycles. The normalized spacial score (nSPS) is 13.4. The molecule has 18 heavy (non-hydrogen) atoms. The van der Waals surface area contributed by atoms with Crippen molar-refractivity contribution in [3.05, 3.63) is 24.3 Å². The van der Waals surface area contributed by atoms with Gasteiger partial charge in [-0.1, -0.05) is 19.1 Å². The third-order valence-electron chi connectivity index (χ3n) is 2.46. The number of hydrogen-bond donors (Lipinski definition) is 1. The van der Waals surface area contributed by atoms with Crippen LogP contribution < -0.4 is 9.46 Å². The number of halogens is 2. The lowest BCUT2D eigenvalue weighted by Crippen LogP contribution is -2.25. The van der Waals surface area contributed by atoms with Crippen molar-refractivity contribution in [1.29, 1.82) is 0 Å². The number of sulfonamides is 1. The fraction of sp³-hybridized carbons (Fsp3) is 0.455. The first-order chi connectivity index (χ1) is 8.36. The Morgan fingerprint density at radius 1 is 1.33 bits per heavy atom. The van der Waals surface area contributed by atoms with Crippen LogP contribution >= 0.6 is 0 Å². The van der Waals surface area contributed by atoms with E-state index in [0.717, 1.165) is 0 Å². The highest BCUT2D eigenvalue weighted by molar-refractivity contribution is 7.93. The summed E-state index contributed by atoms with van der Waals surface area (Å²) in [4.78, 5) is 0. The number of anilines is 1. The first kappa shape index (κ1) is 14.7. The summed E-state index contributed by atoms with van der Waals surface area (Å²) in [5.74, 6) is -0.195. The summed E-state index contributed by atoms with van der Waals surface area (Å²) in [7, 11) is -3.60. The van der Waals surface area contributed by atoms with Crippen LogP contribution in [0.2, 0.25) is 0 Å². The summed E-state index contributed by atoms with van der Waals surface area (Å²) in [5.41, 5.74) is 0.0121. The highest BCUT2D eigenvalue weighted by atomic mass is 32.2. The Morgan fingerprint density at radius 3 is 2.50 bits per heavy atom. The van der Waals surface area contributed by atoms with Gasteiger partial charge in [0.25, 0.3) is 0 Å². The van der Waals surface area contributed by atoms with E-state index < -0.39 is 21.9 Å². The monoisotopic (exact) mass is 279 g/mol. The zero-order chi connectivity index (χ0) is 13.8. The van der Waals surface area contributed by atoms with Crippen LogP contribution in [0.3, 0.4) is 0 Å². The second kappa shape index (κ2) is 5.99. The Balaban J connectivity index is 2.97. The van der Waals surface area contributed by atoms with E-state index in [-0.39, 0.29) is 11.4 Å². The molecule has 4 nitrogen and oxygen atoms in total. The zero-order valence-electron chi connectivity index (χ0n) is 10.1. The molecule has 0 spiro atoms. The minimum atomic E-state index is -3.60. The fourth-order valence-corrected chi connectivity index (χ4v) is 2.34. The van der Waals surface area contributed by atoms with Crippen molar-refractivity contribution < 1.29 is 21.9 Å². The molecule has 0 radical (unpaired) electrons. The predicted octanol–water partition coefficient (Wildman–Crippen LogP) is 2.83. The number of ether oxygens (including phenoxy) is 1. The summed E-state index contributed by atoms with van der Waals surface area (Å²) in [6.07, 6.45) is 0.424. The van der Waals surface area contributed by atoms with Crippen LogP contribution in [0.5, 0.6) is 5.75 Å². The molecule has 1 atom stereocenters. The van der Waals surface area contributed by atoms with Crippen molar-refractivity contribution in [3.63, 3.8) is 0 Å². The standard InChI is InChI=1S/C11H15F2NO3S/c1-3-8(2)18(15,16)14-9-6-4-5-7-10(9)17-11(12)13/h4-8,11,14H,3H2,1-2H3/t8-/m0/s1. The van der Waals surface area contributed by atoms with Gasteiger partial charge in [0.15, 0.2) is 0 Å². The average Bonchev–Trinajstić information content (AvgIpc) is 2.29. The molecule has 1 rings (SSSR count). The van der Waals surface area contributed by atoms with Gasteiger partial charge in [-0.25, -0.2) is 8.42 Å². The second-order valence-corrected chi connectivity index (χ2v) is 5.84. The molecular weight excluding hydrogens is 264 g/mol. The third-order valence-corrected chi connectivity index (χ3v) is 4.36. The Labute approximate surface area is 105 Å². The van der Waals surface area contributed by atoms with Crippen LogP contribution in [0.1, 0.15) is 20.3 Å².